The standard InChI is InChI=1S/C20H23N5O2/c1-24(2)18-10-8-16(12-21-18)13-22-20(27)17-9-11-19(26)25(23-17)14-15-6-4-3-5-7-15/h3-8,10,12H,9,11,13-14H2,1-2H3,(H,22,27). The van der Waals surface area contributed by atoms with Crippen LogP contribution in [-0.2, 0) is 22.7 Å². The van der Waals surface area contributed by atoms with Gasteiger partial charge in [-0.3, -0.25) is 9.59 Å². The molecule has 0 saturated heterocycles. The molecule has 2 aromatic rings. The molecule has 0 radical (unpaired) electrons. The van der Waals surface area contributed by atoms with Crippen LogP contribution in [0.4, 0.5) is 5.82 Å². The number of amides is 2. The van der Waals surface area contributed by atoms with E-state index in [9.17, 15) is 9.59 Å². The van der Waals surface area contributed by atoms with Gasteiger partial charge in [0.05, 0.1) is 6.54 Å². The largest absolute Gasteiger partial charge is 0.363 e. The van der Waals surface area contributed by atoms with E-state index in [-0.39, 0.29) is 18.2 Å². The molecule has 7 nitrogen and oxygen atoms in total. The molecule has 1 aliphatic rings. The van der Waals surface area contributed by atoms with Crippen molar-refractivity contribution in [3.05, 3.63) is 59.8 Å². The van der Waals surface area contributed by atoms with Gasteiger partial charge in [0, 0.05) is 39.7 Å². The second kappa shape index (κ2) is 8.44. The van der Waals surface area contributed by atoms with Crippen molar-refractivity contribution in [2.75, 3.05) is 19.0 Å². The number of benzene rings is 1. The van der Waals surface area contributed by atoms with Crippen LogP contribution in [0.1, 0.15) is 24.0 Å². The van der Waals surface area contributed by atoms with Gasteiger partial charge in [0.15, 0.2) is 0 Å². The average Bonchev–Trinajstić information content (AvgIpc) is 2.69. The maximum Gasteiger partial charge on any atom is 0.267 e. The van der Waals surface area contributed by atoms with Gasteiger partial charge < -0.3 is 10.2 Å². The number of hydrazone groups is 1. The van der Waals surface area contributed by atoms with Crippen molar-refractivity contribution in [2.24, 2.45) is 5.10 Å². The summed E-state index contributed by atoms with van der Waals surface area (Å²) in [7, 11) is 3.85. The molecule has 0 saturated carbocycles. The minimum absolute atomic E-state index is 0.0705. The number of carbonyl (C=O) groups is 2. The van der Waals surface area contributed by atoms with Gasteiger partial charge in [-0.15, -0.1) is 0 Å². The number of nitrogens with zero attached hydrogens (tertiary/aromatic N) is 4. The molecule has 0 fully saturated rings. The Morgan fingerprint density at radius 1 is 1.11 bits per heavy atom. The second-order valence-electron chi connectivity index (χ2n) is 6.59. The van der Waals surface area contributed by atoms with E-state index >= 15 is 0 Å². The van der Waals surface area contributed by atoms with E-state index in [0.717, 1.165) is 16.9 Å². The number of anilines is 1. The topological polar surface area (TPSA) is 77.9 Å². The molecule has 1 aromatic heterocycles. The number of hydrogen-bond acceptors (Lipinski definition) is 5. The van der Waals surface area contributed by atoms with Gasteiger partial charge in [-0.05, 0) is 17.2 Å². The third-order valence-electron chi connectivity index (χ3n) is 4.26. The van der Waals surface area contributed by atoms with Crippen molar-refractivity contribution < 1.29 is 9.59 Å². The molecule has 2 heterocycles. The molecule has 2 amide bonds. The minimum Gasteiger partial charge on any atom is -0.363 e. The van der Waals surface area contributed by atoms with Crippen LogP contribution < -0.4 is 10.2 Å². The third kappa shape index (κ3) is 4.91. The van der Waals surface area contributed by atoms with Gasteiger partial charge in [0.25, 0.3) is 5.91 Å². The molecule has 0 unspecified atom stereocenters. The maximum atomic E-state index is 12.4. The van der Waals surface area contributed by atoms with Crippen LogP contribution in [0.2, 0.25) is 0 Å². The molecule has 1 N–H and O–H groups in total. The lowest BCUT2D eigenvalue weighted by Crippen LogP contribution is -2.38. The Morgan fingerprint density at radius 2 is 1.89 bits per heavy atom. The molecular weight excluding hydrogens is 342 g/mol. The van der Waals surface area contributed by atoms with Crippen LogP contribution in [0.5, 0.6) is 0 Å². The van der Waals surface area contributed by atoms with E-state index in [1.807, 2.05) is 61.5 Å². The lowest BCUT2D eigenvalue weighted by Gasteiger charge is -2.23. The van der Waals surface area contributed by atoms with Gasteiger partial charge in [-0.1, -0.05) is 36.4 Å². The number of aromatic nitrogens is 1. The SMILES string of the molecule is CN(C)c1ccc(CNC(=O)C2=NN(Cc3ccccc3)C(=O)CC2)cn1. The molecule has 7 heteroatoms. The third-order valence-corrected chi connectivity index (χ3v) is 4.26. The summed E-state index contributed by atoms with van der Waals surface area (Å²) in [6, 6.07) is 13.4. The van der Waals surface area contributed by atoms with Crippen molar-refractivity contribution >= 4 is 23.3 Å². The van der Waals surface area contributed by atoms with E-state index in [1.54, 1.807) is 6.20 Å². The van der Waals surface area contributed by atoms with Crippen LogP contribution in [-0.4, -0.2) is 41.6 Å². The molecule has 0 atom stereocenters. The first-order valence-corrected chi connectivity index (χ1v) is 8.85. The summed E-state index contributed by atoms with van der Waals surface area (Å²) in [5, 5.41) is 8.51. The fourth-order valence-corrected chi connectivity index (χ4v) is 2.71. The van der Waals surface area contributed by atoms with Crippen LogP contribution in [0.15, 0.2) is 53.8 Å². The first-order valence-electron chi connectivity index (χ1n) is 8.85. The molecule has 140 valence electrons. The monoisotopic (exact) mass is 365 g/mol. The summed E-state index contributed by atoms with van der Waals surface area (Å²) in [5.41, 5.74) is 2.26. The predicted molar refractivity (Wildman–Crippen MR) is 104 cm³/mol. The molecule has 1 aromatic carbocycles. The Balaban J connectivity index is 1.61. The normalized spacial score (nSPS) is 13.9. The summed E-state index contributed by atoms with van der Waals surface area (Å²) in [5.74, 6) is 0.535. The first-order chi connectivity index (χ1) is 13.0. The van der Waals surface area contributed by atoms with Crippen molar-refractivity contribution in [2.45, 2.75) is 25.9 Å². The summed E-state index contributed by atoms with van der Waals surface area (Å²) in [6.07, 6.45) is 2.38. The minimum atomic E-state index is -0.253. The molecule has 0 aliphatic carbocycles. The number of nitrogens with one attached hydrogen (secondary N) is 1. The fourth-order valence-electron chi connectivity index (χ4n) is 2.71. The van der Waals surface area contributed by atoms with E-state index in [2.05, 4.69) is 15.4 Å². The average molecular weight is 365 g/mol. The number of rotatable bonds is 6. The number of hydrogen-bond donors (Lipinski definition) is 1. The van der Waals surface area contributed by atoms with Crippen LogP contribution in [0, 0.1) is 0 Å². The van der Waals surface area contributed by atoms with Gasteiger partial charge in [-0.25, -0.2) is 9.99 Å². The Morgan fingerprint density at radius 3 is 2.56 bits per heavy atom. The Kier molecular flexibility index (Phi) is 5.80. The van der Waals surface area contributed by atoms with Crippen molar-refractivity contribution in [3.63, 3.8) is 0 Å². The van der Waals surface area contributed by atoms with Crippen molar-refractivity contribution in [3.8, 4) is 0 Å². The van der Waals surface area contributed by atoms with Crippen LogP contribution >= 0.6 is 0 Å². The predicted octanol–water partition coefficient (Wildman–Crippen LogP) is 1.94. The molecule has 0 bridgehead atoms. The quantitative estimate of drug-likeness (QED) is 0.849. The van der Waals surface area contributed by atoms with Gasteiger partial charge in [-0.2, -0.15) is 5.10 Å². The molecule has 0 spiro atoms. The zero-order valence-electron chi connectivity index (χ0n) is 15.6. The van der Waals surface area contributed by atoms with E-state index in [0.29, 0.717) is 25.2 Å². The zero-order chi connectivity index (χ0) is 19.2. The van der Waals surface area contributed by atoms with E-state index in [4.69, 9.17) is 0 Å². The molecule has 3 rings (SSSR count). The van der Waals surface area contributed by atoms with Crippen molar-refractivity contribution in [1.29, 1.82) is 0 Å². The Labute approximate surface area is 158 Å². The summed E-state index contributed by atoms with van der Waals surface area (Å²) < 4.78 is 0. The fraction of sp³-hybridized carbons (Fsp3) is 0.300. The smallest absolute Gasteiger partial charge is 0.267 e. The van der Waals surface area contributed by atoms with Gasteiger partial charge >= 0.3 is 0 Å². The van der Waals surface area contributed by atoms with E-state index < -0.39 is 0 Å². The van der Waals surface area contributed by atoms with E-state index in [1.165, 1.54) is 5.01 Å². The highest BCUT2D eigenvalue weighted by molar-refractivity contribution is 6.39. The second-order valence-corrected chi connectivity index (χ2v) is 6.59. The lowest BCUT2D eigenvalue weighted by atomic mass is 10.1. The van der Waals surface area contributed by atoms with Gasteiger partial charge in [0.1, 0.15) is 11.5 Å². The zero-order valence-corrected chi connectivity index (χ0v) is 15.6. The molecule has 1 aliphatic heterocycles. The van der Waals surface area contributed by atoms with Gasteiger partial charge in [0.2, 0.25) is 5.91 Å². The Hall–Kier alpha value is -3.22. The molecule has 27 heavy (non-hydrogen) atoms. The highest BCUT2D eigenvalue weighted by atomic mass is 16.2. The van der Waals surface area contributed by atoms with Crippen LogP contribution in [0.3, 0.4) is 0 Å². The highest BCUT2D eigenvalue weighted by Gasteiger charge is 2.24. The molecular formula is C20H23N5O2. The summed E-state index contributed by atoms with van der Waals surface area (Å²) in [4.78, 5) is 30.8. The maximum absolute atomic E-state index is 12.4. The summed E-state index contributed by atoms with van der Waals surface area (Å²) in [6.45, 7) is 0.734. The summed E-state index contributed by atoms with van der Waals surface area (Å²) >= 11 is 0. The first kappa shape index (κ1) is 18.6. The highest BCUT2D eigenvalue weighted by Crippen LogP contribution is 2.14. The number of carbonyl (C=O) groups excluding carboxylic acids is 2. The Bertz CT molecular complexity index is 831. The van der Waals surface area contributed by atoms with Crippen LogP contribution in [0.25, 0.3) is 0 Å². The lowest BCUT2D eigenvalue weighted by molar-refractivity contribution is -0.132. The number of pyridine rings is 1. The van der Waals surface area contributed by atoms with Crippen molar-refractivity contribution in [1.82, 2.24) is 15.3 Å².